The summed E-state index contributed by atoms with van der Waals surface area (Å²) >= 11 is 0. The van der Waals surface area contributed by atoms with Crippen LogP contribution >= 0.6 is 0 Å². The van der Waals surface area contributed by atoms with E-state index in [0.29, 0.717) is 25.3 Å². The lowest BCUT2D eigenvalue weighted by atomic mass is 9.98. The molecule has 6 rings (SSSR count). The van der Waals surface area contributed by atoms with Gasteiger partial charge in [0.1, 0.15) is 17.6 Å². The van der Waals surface area contributed by atoms with Crippen LogP contribution in [0.5, 0.6) is 0 Å². The Kier molecular flexibility index (Phi) is 6.63. The molecule has 1 amide bonds. The van der Waals surface area contributed by atoms with Crippen molar-refractivity contribution in [3.05, 3.63) is 82.6 Å². The molecule has 0 saturated heterocycles. The Morgan fingerprint density at radius 1 is 1.12 bits per heavy atom. The summed E-state index contributed by atoms with van der Waals surface area (Å²) in [6, 6.07) is 15.4. The molecule has 11 heteroatoms. The molecule has 0 spiro atoms. The molecule has 0 saturated carbocycles. The number of carbonyl (C=O) groups excluding carboxylic acids is 2. The fourth-order valence-electron chi connectivity index (χ4n) is 5.62. The molecule has 0 aliphatic carbocycles. The van der Waals surface area contributed by atoms with Gasteiger partial charge in [-0.25, -0.2) is 14.9 Å². The molecule has 2 aliphatic heterocycles. The molecule has 2 aromatic carbocycles. The van der Waals surface area contributed by atoms with E-state index in [2.05, 4.69) is 56.4 Å². The highest BCUT2D eigenvalue weighted by Gasteiger charge is 2.48. The van der Waals surface area contributed by atoms with Gasteiger partial charge < -0.3 is 19.3 Å². The summed E-state index contributed by atoms with van der Waals surface area (Å²) in [5, 5.41) is 25.5. The Labute approximate surface area is 230 Å². The highest BCUT2D eigenvalue weighted by Crippen LogP contribution is 2.42. The maximum Gasteiger partial charge on any atom is 0.347 e. The zero-order chi connectivity index (χ0) is 27.8. The molecular formula is C29H29N7O4. The average Bonchev–Trinajstić information content (AvgIpc) is 3.67. The van der Waals surface area contributed by atoms with E-state index in [1.807, 2.05) is 24.3 Å². The number of hydrogen-bond acceptors (Lipinski definition) is 8. The van der Waals surface area contributed by atoms with E-state index in [-0.39, 0.29) is 17.9 Å². The van der Waals surface area contributed by atoms with Crippen LogP contribution in [0.4, 0.5) is 0 Å². The Balaban J connectivity index is 1.36. The number of aryl methyl sites for hydroxylation is 1. The Morgan fingerprint density at radius 2 is 1.90 bits per heavy atom. The average molecular weight is 540 g/mol. The van der Waals surface area contributed by atoms with Crippen molar-refractivity contribution in [2.75, 3.05) is 13.2 Å². The third-order valence-electron chi connectivity index (χ3n) is 7.40. The molecule has 11 nitrogen and oxygen atoms in total. The maximum absolute atomic E-state index is 13.1. The summed E-state index contributed by atoms with van der Waals surface area (Å²) in [6.45, 7) is 4.76. The number of nitrogens with zero attached hydrogens (tertiary/aromatic N) is 6. The number of nitrogens with one attached hydrogen (secondary N) is 1. The van der Waals surface area contributed by atoms with Gasteiger partial charge >= 0.3 is 5.97 Å². The highest BCUT2D eigenvalue weighted by molar-refractivity contribution is 6.18. The standard InChI is InChI=1S/C29H29N7O4/c1-3-7-22-30-21-14-15-35-25(26(37)23(28(35)38)29(39)40-4-2)24(21)36(22)16-17-10-12-18(13-11-17)19-8-5-6-9-20(19)27-31-33-34-32-27/h5-6,8-13,25,37H,3-4,7,14-16H2,1-2H3,(H,31,32,33,34). The highest BCUT2D eigenvalue weighted by atomic mass is 16.5. The lowest BCUT2D eigenvalue weighted by molar-refractivity contribution is -0.141. The largest absolute Gasteiger partial charge is 0.509 e. The predicted molar refractivity (Wildman–Crippen MR) is 145 cm³/mol. The van der Waals surface area contributed by atoms with Crippen molar-refractivity contribution in [1.82, 2.24) is 35.1 Å². The van der Waals surface area contributed by atoms with Crippen molar-refractivity contribution in [1.29, 1.82) is 0 Å². The van der Waals surface area contributed by atoms with Gasteiger partial charge in [-0.1, -0.05) is 55.5 Å². The number of fused-ring (bicyclic) bond motifs is 3. The first-order valence-corrected chi connectivity index (χ1v) is 13.4. The fourth-order valence-corrected chi connectivity index (χ4v) is 5.62. The number of benzene rings is 2. The second kappa shape index (κ2) is 10.4. The zero-order valence-electron chi connectivity index (χ0n) is 22.3. The van der Waals surface area contributed by atoms with Gasteiger partial charge in [0, 0.05) is 31.5 Å². The molecule has 1 unspecified atom stereocenters. The number of aliphatic hydroxyl groups excluding tert-OH is 1. The number of esters is 1. The van der Waals surface area contributed by atoms with Gasteiger partial charge in [0.05, 0.1) is 18.0 Å². The number of aromatic nitrogens is 6. The normalized spacial score (nSPS) is 16.3. The first-order valence-electron chi connectivity index (χ1n) is 13.4. The van der Waals surface area contributed by atoms with Gasteiger partial charge in [-0.05, 0) is 40.5 Å². The number of amides is 1. The third kappa shape index (κ3) is 4.23. The van der Waals surface area contributed by atoms with Gasteiger partial charge in [0.2, 0.25) is 0 Å². The molecule has 204 valence electrons. The lowest BCUT2D eigenvalue weighted by Gasteiger charge is -2.31. The van der Waals surface area contributed by atoms with Crippen LogP contribution in [0.25, 0.3) is 22.5 Å². The summed E-state index contributed by atoms with van der Waals surface area (Å²) in [4.78, 5) is 32.1. The molecule has 2 aromatic heterocycles. The summed E-state index contributed by atoms with van der Waals surface area (Å²) in [6.07, 6.45) is 2.20. The van der Waals surface area contributed by atoms with Gasteiger partial charge in [-0.3, -0.25) is 4.79 Å². The smallest absolute Gasteiger partial charge is 0.347 e. The molecule has 0 bridgehead atoms. The van der Waals surface area contributed by atoms with Crippen LogP contribution in [0, 0.1) is 0 Å². The first kappa shape index (κ1) is 25.5. The molecule has 0 fully saturated rings. The number of hydrogen-bond donors (Lipinski definition) is 2. The number of tetrazole rings is 1. The number of imidazole rings is 1. The molecule has 40 heavy (non-hydrogen) atoms. The molecule has 1 atom stereocenters. The van der Waals surface area contributed by atoms with Gasteiger partial charge in [0.15, 0.2) is 11.4 Å². The van der Waals surface area contributed by atoms with E-state index in [1.165, 1.54) is 0 Å². The lowest BCUT2D eigenvalue weighted by Crippen LogP contribution is -2.38. The monoisotopic (exact) mass is 539 g/mol. The number of carbonyl (C=O) groups is 2. The minimum Gasteiger partial charge on any atom is -0.509 e. The number of H-pyrrole nitrogens is 1. The van der Waals surface area contributed by atoms with Crippen LogP contribution in [0.15, 0.2) is 59.9 Å². The zero-order valence-corrected chi connectivity index (χ0v) is 22.3. The van der Waals surface area contributed by atoms with Crippen LogP contribution in [-0.2, 0) is 33.7 Å². The van der Waals surface area contributed by atoms with Crippen molar-refractivity contribution >= 4 is 11.9 Å². The van der Waals surface area contributed by atoms with E-state index >= 15 is 0 Å². The molecule has 0 radical (unpaired) electrons. The SMILES string of the molecule is CCCc1nc2c(n1Cc1ccc(-c3ccccc3-c3nnn[nH]3)cc1)C1C(O)=C(C(=O)OCC)C(=O)N1CC2. The van der Waals surface area contributed by atoms with E-state index in [1.54, 1.807) is 11.8 Å². The van der Waals surface area contributed by atoms with Crippen molar-refractivity contribution in [2.45, 2.75) is 45.7 Å². The van der Waals surface area contributed by atoms with Crippen molar-refractivity contribution < 1.29 is 19.4 Å². The van der Waals surface area contributed by atoms with E-state index < -0.39 is 17.9 Å². The van der Waals surface area contributed by atoms with E-state index in [9.17, 15) is 14.7 Å². The quantitative estimate of drug-likeness (QED) is 0.256. The van der Waals surface area contributed by atoms with Gasteiger partial charge in [0.25, 0.3) is 5.91 Å². The first-order chi connectivity index (χ1) is 19.5. The molecular weight excluding hydrogens is 510 g/mol. The molecule has 2 aliphatic rings. The van der Waals surface area contributed by atoms with Crippen molar-refractivity contribution in [3.8, 4) is 22.5 Å². The Morgan fingerprint density at radius 3 is 2.60 bits per heavy atom. The van der Waals surface area contributed by atoms with Crippen LogP contribution in [-0.4, -0.2) is 65.2 Å². The third-order valence-corrected chi connectivity index (χ3v) is 7.40. The van der Waals surface area contributed by atoms with E-state index in [0.717, 1.165) is 52.3 Å². The Bertz CT molecular complexity index is 1610. The molecule has 2 N–H and O–H groups in total. The van der Waals surface area contributed by atoms with Crippen LogP contribution in [0.1, 0.15) is 49.1 Å². The summed E-state index contributed by atoms with van der Waals surface area (Å²) < 4.78 is 7.16. The van der Waals surface area contributed by atoms with Crippen LogP contribution in [0.3, 0.4) is 0 Å². The van der Waals surface area contributed by atoms with Crippen molar-refractivity contribution in [2.24, 2.45) is 0 Å². The second-order valence-corrected chi connectivity index (χ2v) is 9.82. The van der Waals surface area contributed by atoms with Gasteiger partial charge in [-0.15, -0.1) is 5.10 Å². The number of aromatic amines is 1. The number of aliphatic hydroxyl groups is 1. The minimum atomic E-state index is -0.794. The van der Waals surface area contributed by atoms with Crippen LogP contribution < -0.4 is 0 Å². The maximum atomic E-state index is 13.1. The summed E-state index contributed by atoms with van der Waals surface area (Å²) in [5.41, 5.74) is 5.28. The minimum absolute atomic E-state index is 0.118. The number of ether oxygens (including phenoxy) is 1. The number of rotatable bonds is 8. The van der Waals surface area contributed by atoms with Crippen molar-refractivity contribution in [3.63, 3.8) is 0 Å². The fraction of sp³-hybridized carbons (Fsp3) is 0.310. The molecule has 4 aromatic rings. The topological polar surface area (TPSA) is 139 Å². The second-order valence-electron chi connectivity index (χ2n) is 9.82. The predicted octanol–water partition coefficient (Wildman–Crippen LogP) is 3.55. The summed E-state index contributed by atoms with van der Waals surface area (Å²) in [7, 11) is 0. The summed E-state index contributed by atoms with van der Waals surface area (Å²) in [5.74, 6) is -0.0623. The van der Waals surface area contributed by atoms with E-state index in [4.69, 9.17) is 9.72 Å². The van der Waals surface area contributed by atoms with Crippen LogP contribution in [0.2, 0.25) is 0 Å². The van der Waals surface area contributed by atoms with Gasteiger partial charge in [-0.2, -0.15) is 0 Å². The molecule has 4 heterocycles. The Hall–Kier alpha value is -4.80.